The molecule has 0 saturated heterocycles. The van der Waals surface area contributed by atoms with Crippen LogP contribution < -0.4 is 10.0 Å². The molecule has 0 bridgehead atoms. The zero-order valence-electron chi connectivity index (χ0n) is 15.6. The number of aromatic nitrogens is 2. The monoisotopic (exact) mass is 416 g/mol. The molecule has 1 aromatic carbocycles. The summed E-state index contributed by atoms with van der Waals surface area (Å²) in [6.07, 6.45) is 3.56. The maximum atomic E-state index is 12.2. The molecule has 2 aromatic heterocycles. The van der Waals surface area contributed by atoms with E-state index >= 15 is 0 Å². The van der Waals surface area contributed by atoms with Gasteiger partial charge in [-0.25, -0.2) is 13.4 Å². The Morgan fingerprint density at radius 2 is 1.97 bits per heavy atom. The fourth-order valence-electron chi connectivity index (χ4n) is 3.11. The van der Waals surface area contributed by atoms with Gasteiger partial charge in [0.1, 0.15) is 11.5 Å². The number of sulfonamides is 1. The van der Waals surface area contributed by atoms with Gasteiger partial charge in [-0.1, -0.05) is 12.1 Å². The number of pyridine rings is 1. The molecule has 152 valence electrons. The van der Waals surface area contributed by atoms with Crippen molar-refractivity contribution in [2.45, 2.75) is 19.3 Å². The van der Waals surface area contributed by atoms with Gasteiger partial charge in [0.2, 0.25) is 15.9 Å². The van der Waals surface area contributed by atoms with Gasteiger partial charge in [0, 0.05) is 23.2 Å². The summed E-state index contributed by atoms with van der Waals surface area (Å²) in [5.41, 5.74) is 2.79. The van der Waals surface area contributed by atoms with Crippen molar-refractivity contribution in [2.75, 3.05) is 22.5 Å². The van der Waals surface area contributed by atoms with E-state index in [2.05, 4.69) is 20.0 Å². The Hall–Kier alpha value is -2.94. The first-order valence-electron chi connectivity index (χ1n) is 9.41. The molecule has 1 saturated carbocycles. The normalized spacial score (nSPS) is 14.1. The molecular formula is C20H21FN4O3S. The lowest BCUT2D eigenvalue weighted by molar-refractivity contribution is -0.117. The van der Waals surface area contributed by atoms with Crippen molar-refractivity contribution >= 4 is 38.5 Å². The predicted octanol–water partition coefficient (Wildman–Crippen LogP) is 3.68. The molecule has 1 aliphatic rings. The number of benzene rings is 1. The lowest BCUT2D eigenvalue weighted by Crippen LogP contribution is -2.16. The van der Waals surface area contributed by atoms with Gasteiger partial charge >= 0.3 is 0 Å². The van der Waals surface area contributed by atoms with Gasteiger partial charge in [0.25, 0.3) is 0 Å². The molecule has 0 atom stereocenters. The number of nitrogens with one attached hydrogen (secondary N) is 3. The number of rotatable bonds is 8. The third kappa shape index (κ3) is 4.56. The van der Waals surface area contributed by atoms with E-state index in [4.69, 9.17) is 0 Å². The van der Waals surface area contributed by atoms with Crippen molar-refractivity contribution < 1.29 is 17.6 Å². The van der Waals surface area contributed by atoms with E-state index in [1.807, 2.05) is 12.1 Å². The first-order valence-corrected chi connectivity index (χ1v) is 11.1. The van der Waals surface area contributed by atoms with E-state index in [1.54, 1.807) is 30.5 Å². The van der Waals surface area contributed by atoms with Crippen molar-refractivity contribution in [2.24, 2.45) is 5.92 Å². The van der Waals surface area contributed by atoms with Crippen LogP contribution in [0, 0.1) is 5.92 Å². The zero-order valence-corrected chi connectivity index (χ0v) is 16.4. The maximum absolute atomic E-state index is 12.2. The highest BCUT2D eigenvalue weighted by Crippen LogP contribution is 2.33. The fourth-order valence-corrected chi connectivity index (χ4v) is 4.19. The van der Waals surface area contributed by atoms with Crippen LogP contribution in [0.4, 0.5) is 15.9 Å². The van der Waals surface area contributed by atoms with Gasteiger partial charge in [-0.15, -0.1) is 0 Å². The number of nitrogens with zero attached hydrogens (tertiary/aromatic N) is 1. The summed E-state index contributed by atoms with van der Waals surface area (Å²) < 4.78 is 38.5. The van der Waals surface area contributed by atoms with Crippen molar-refractivity contribution in [1.82, 2.24) is 9.97 Å². The third-order valence-electron chi connectivity index (χ3n) is 4.74. The molecule has 0 unspecified atom stereocenters. The van der Waals surface area contributed by atoms with Crippen LogP contribution >= 0.6 is 0 Å². The van der Waals surface area contributed by atoms with Gasteiger partial charge in [-0.2, -0.15) is 0 Å². The lowest BCUT2D eigenvalue weighted by Gasteiger charge is -2.11. The predicted molar refractivity (Wildman–Crippen MR) is 111 cm³/mol. The lowest BCUT2D eigenvalue weighted by atomic mass is 10.0. The Balaban J connectivity index is 1.60. The van der Waals surface area contributed by atoms with E-state index in [0.717, 1.165) is 29.4 Å². The van der Waals surface area contributed by atoms with E-state index in [1.165, 1.54) is 0 Å². The average molecular weight is 416 g/mol. The number of anilines is 2. The van der Waals surface area contributed by atoms with E-state index in [-0.39, 0.29) is 24.0 Å². The highest BCUT2D eigenvalue weighted by Gasteiger charge is 2.30. The molecule has 29 heavy (non-hydrogen) atoms. The quantitative estimate of drug-likeness (QED) is 0.521. The molecule has 1 amide bonds. The summed E-state index contributed by atoms with van der Waals surface area (Å²) in [5, 5.41) is 3.76. The first-order chi connectivity index (χ1) is 13.9. The summed E-state index contributed by atoms with van der Waals surface area (Å²) in [6, 6.07) is 10.6. The number of carbonyl (C=O) groups is 1. The van der Waals surface area contributed by atoms with E-state index < -0.39 is 16.7 Å². The standard InChI is InChI=1S/C20H21FN4O3S/c21-9-1-11-29(27,28)25-15-6-4-13(5-7-15)17-12-18(24-20(26)14-2-3-14)23-19-16(17)8-10-22-19/h4-8,10,12,14,25H,1-3,9,11H2,(H2,22,23,24,26). The Kier molecular flexibility index (Phi) is 5.23. The molecule has 1 fully saturated rings. The second-order valence-electron chi connectivity index (χ2n) is 7.10. The minimum Gasteiger partial charge on any atom is -0.346 e. The molecule has 4 rings (SSSR count). The van der Waals surface area contributed by atoms with Gasteiger partial charge < -0.3 is 10.3 Å². The number of H-pyrrole nitrogens is 1. The third-order valence-corrected chi connectivity index (χ3v) is 6.12. The molecule has 0 spiro atoms. The molecule has 9 heteroatoms. The van der Waals surface area contributed by atoms with Crippen molar-refractivity contribution in [3.05, 3.63) is 42.6 Å². The highest BCUT2D eigenvalue weighted by atomic mass is 32.2. The smallest absolute Gasteiger partial charge is 0.232 e. The minimum absolute atomic E-state index is 0.0209. The highest BCUT2D eigenvalue weighted by molar-refractivity contribution is 7.92. The van der Waals surface area contributed by atoms with Crippen LogP contribution in [0.1, 0.15) is 19.3 Å². The Bertz CT molecular complexity index is 1140. The van der Waals surface area contributed by atoms with E-state index in [9.17, 15) is 17.6 Å². The van der Waals surface area contributed by atoms with Crippen LogP contribution in [0.25, 0.3) is 22.2 Å². The number of alkyl halides is 1. The summed E-state index contributed by atoms with van der Waals surface area (Å²) in [7, 11) is -3.57. The summed E-state index contributed by atoms with van der Waals surface area (Å²) in [6.45, 7) is -0.672. The molecule has 0 radical (unpaired) electrons. The van der Waals surface area contributed by atoms with Gasteiger partial charge in [0.05, 0.1) is 12.4 Å². The first kappa shape index (κ1) is 19.4. The second kappa shape index (κ2) is 7.82. The molecule has 3 N–H and O–H groups in total. The van der Waals surface area contributed by atoms with E-state index in [0.29, 0.717) is 17.2 Å². The molecule has 7 nitrogen and oxygen atoms in total. The zero-order chi connectivity index (χ0) is 20.4. The topological polar surface area (TPSA) is 104 Å². The molecule has 2 heterocycles. The van der Waals surface area contributed by atoms with Crippen LogP contribution in [-0.4, -0.2) is 36.7 Å². The summed E-state index contributed by atoms with van der Waals surface area (Å²) in [4.78, 5) is 19.6. The van der Waals surface area contributed by atoms with Crippen LogP contribution in [-0.2, 0) is 14.8 Å². The van der Waals surface area contributed by atoms with Gasteiger partial charge in [-0.05, 0) is 54.7 Å². The van der Waals surface area contributed by atoms with Crippen molar-refractivity contribution in [1.29, 1.82) is 0 Å². The largest absolute Gasteiger partial charge is 0.346 e. The minimum atomic E-state index is -3.57. The number of hydrogen-bond acceptors (Lipinski definition) is 4. The maximum Gasteiger partial charge on any atom is 0.232 e. The van der Waals surface area contributed by atoms with Gasteiger partial charge in [0.15, 0.2) is 0 Å². The average Bonchev–Trinajstić information content (AvgIpc) is 3.44. The van der Waals surface area contributed by atoms with Crippen molar-refractivity contribution in [3.8, 4) is 11.1 Å². The molecule has 1 aliphatic carbocycles. The van der Waals surface area contributed by atoms with Crippen molar-refractivity contribution in [3.63, 3.8) is 0 Å². The summed E-state index contributed by atoms with van der Waals surface area (Å²) in [5.74, 6) is 0.267. The SMILES string of the molecule is O=C(Nc1cc(-c2ccc(NS(=O)(=O)CCCF)cc2)c2cc[nH]c2n1)C1CC1. The Morgan fingerprint density at radius 3 is 2.66 bits per heavy atom. The number of halogens is 1. The van der Waals surface area contributed by atoms with Gasteiger partial charge in [-0.3, -0.25) is 13.9 Å². The fraction of sp³-hybridized carbons (Fsp3) is 0.300. The summed E-state index contributed by atoms with van der Waals surface area (Å²) >= 11 is 0. The number of fused-ring (bicyclic) bond motifs is 1. The van der Waals surface area contributed by atoms with Crippen LogP contribution in [0.2, 0.25) is 0 Å². The van der Waals surface area contributed by atoms with Crippen LogP contribution in [0.3, 0.4) is 0 Å². The number of aromatic amines is 1. The number of carbonyl (C=O) groups excluding carboxylic acids is 1. The molecular weight excluding hydrogens is 395 g/mol. The number of amides is 1. The Labute approximate surface area is 167 Å². The van der Waals surface area contributed by atoms with Crippen LogP contribution in [0.15, 0.2) is 42.6 Å². The number of hydrogen-bond donors (Lipinski definition) is 3. The molecule has 3 aromatic rings. The second-order valence-corrected chi connectivity index (χ2v) is 8.94. The van der Waals surface area contributed by atoms with Crippen LogP contribution in [0.5, 0.6) is 0 Å². The molecule has 0 aliphatic heterocycles. The Morgan fingerprint density at radius 1 is 1.21 bits per heavy atom.